The maximum atomic E-state index is 10.9. The molecule has 3 nitrogen and oxygen atoms in total. The minimum Gasteiger partial charge on any atom is -0.262 e. The Morgan fingerprint density at radius 2 is 1.91 bits per heavy atom. The Morgan fingerprint density at radius 1 is 1.27 bits per heavy atom. The first-order valence-electron chi connectivity index (χ1n) is 3.66. The van der Waals surface area contributed by atoms with E-state index >= 15 is 0 Å². The summed E-state index contributed by atoms with van der Waals surface area (Å²) in [6, 6.07) is 0. The van der Waals surface area contributed by atoms with Gasteiger partial charge in [0.2, 0.25) is 0 Å². The molecule has 0 aromatic rings. The van der Waals surface area contributed by atoms with Crippen molar-refractivity contribution in [3.63, 3.8) is 0 Å². The molecule has 0 amide bonds. The van der Waals surface area contributed by atoms with Crippen LogP contribution in [0.2, 0.25) is 0 Å². The van der Waals surface area contributed by atoms with Crippen LogP contribution in [0.25, 0.3) is 0 Å². The summed E-state index contributed by atoms with van der Waals surface area (Å²) < 4.78 is 26.4. The van der Waals surface area contributed by atoms with Gasteiger partial charge in [-0.05, 0) is 23.6 Å². The van der Waals surface area contributed by atoms with Gasteiger partial charge in [0.15, 0.2) is 0 Å². The normalized spacial score (nSPS) is 11.8. The topological polar surface area (TPSA) is 43.4 Å². The molecule has 0 fully saturated rings. The second-order valence-corrected chi connectivity index (χ2v) is 5.68. The quantitative estimate of drug-likeness (QED) is 0.610. The summed E-state index contributed by atoms with van der Waals surface area (Å²) in [5, 5.41) is 0. The summed E-state index contributed by atoms with van der Waals surface area (Å²) in [5.74, 6) is 0.603. The maximum absolute atomic E-state index is 10.9. The van der Waals surface area contributed by atoms with E-state index in [-0.39, 0.29) is 0 Å². The van der Waals surface area contributed by atoms with Crippen LogP contribution < -0.4 is 0 Å². The van der Waals surface area contributed by atoms with Crippen LogP contribution in [0.5, 0.6) is 0 Å². The molecular weight excluding hydrogens is 184 g/mol. The lowest BCUT2D eigenvalue weighted by Crippen LogP contribution is -2.02. The third-order valence-corrected chi connectivity index (χ3v) is 3.84. The van der Waals surface area contributed by atoms with Gasteiger partial charge in [0.05, 0.1) is 6.61 Å². The van der Waals surface area contributed by atoms with Gasteiger partial charge in [-0.25, -0.2) is 0 Å². The molecule has 0 saturated carbocycles. The molecule has 0 atom stereocenters. The lowest BCUT2D eigenvalue weighted by molar-refractivity contribution is 0.329. The first-order chi connectivity index (χ1) is 5.12. The van der Waals surface area contributed by atoms with Gasteiger partial charge in [-0.2, -0.15) is 8.42 Å². The first-order valence-corrected chi connectivity index (χ1v) is 6.57. The van der Waals surface area contributed by atoms with Gasteiger partial charge in [-0.3, -0.25) is 4.18 Å². The number of rotatable bonds is 6. The van der Waals surface area contributed by atoms with E-state index in [0.717, 1.165) is 23.6 Å². The lowest BCUT2D eigenvalue weighted by atomic mass is 10.5. The second-order valence-electron chi connectivity index (χ2n) is 2.05. The van der Waals surface area contributed by atoms with E-state index in [9.17, 15) is 8.42 Å². The van der Waals surface area contributed by atoms with Crippen LogP contribution in [0.4, 0.5) is 0 Å². The first kappa shape index (κ1) is 11.3. The smallest absolute Gasteiger partial charge is 0.262 e. The van der Waals surface area contributed by atoms with Crippen molar-refractivity contribution in [1.29, 1.82) is 0 Å². The van der Waals surface area contributed by atoms with Crippen LogP contribution in [-0.4, -0.2) is 20.8 Å². The molecule has 0 radical (unpaired) electrons. The van der Waals surface area contributed by atoms with Gasteiger partial charge >= 0.3 is 9.15 Å². The van der Waals surface area contributed by atoms with E-state index in [1.165, 1.54) is 0 Å². The van der Waals surface area contributed by atoms with Crippen LogP contribution in [0.1, 0.15) is 26.7 Å². The average molecular weight is 198 g/mol. The van der Waals surface area contributed by atoms with Crippen LogP contribution in [0, 0.1) is 0 Å². The highest BCUT2D eigenvalue weighted by molar-refractivity contribution is 8.70. The van der Waals surface area contributed by atoms with E-state index in [1.807, 2.05) is 13.8 Å². The summed E-state index contributed by atoms with van der Waals surface area (Å²) in [6.45, 7) is 4.10. The van der Waals surface area contributed by atoms with Gasteiger partial charge in [0.1, 0.15) is 0 Å². The minimum atomic E-state index is -3.29. The van der Waals surface area contributed by atoms with E-state index in [4.69, 9.17) is 0 Å². The van der Waals surface area contributed by atoms with Crippen molar-refractivity contribution in [1.82, 2.24) is 0 Å². The van der Waals surface area contributed by atoms with Gasteiger partial charge in [-0.15, -0.1) is 0 Å². The Morgan fingerprint density at radius 3 is 2.36 bits per heavy atom. The zero-order valence-corrected chi connectivity index (χ0v) is 8.50. The molecule has 0 aliphatic rings. The minimum absolute atomic E-state index is 0.291. The molecule has 0 aromatic heterocycles. The molecule has 0 bridgehead atoms. The lowest BCUT2D eigenvalue weighted by Gasteiger charge is -2.00. The van der Waals surface area contributed by atoms with Crippen molar-refractivity contribution in [2.24, 2.45) is 0 Å². The van der Waals surface area contributed by atoms with Crippen LogP contribution in [0.15, 0.2) is 0 Å². The Bertz CT molecular complexity index is 160. The molecule has 11 heavy (non-hydrogen) atoms. The highest BCUT2D eigenvalue weighted by Gasteiger charge is 2.09. The van der Waals surface area contributed by atoms with E-state index in [2.05, 4.69) is 4.18 Å². The molecule has 0 aromatic carbocycles. The fourth-order valence-corrected chi connectivity index (χ4v) is 2.74. The number of hydrogen-bond acceptors (Lipinski definition) is 4. The van der Waals surface area contributed by atoms with Gasteiger partial charge in [-0.1, -0.05) is 13.8 Å². The van der Waals surface area contributed by atoms with Crippen molar-refractivity contribution in [2.45, 2.75) is 26.7 Å². The van der Waals surface area contributed by atoms with E-state index in [1.54, 1.807) is 0 Å². The molecule has 0 spiro atoms. The summed E-state index contributed by atoms with van der Waals surface area (Å²) in [4.78, 5) is 0. The third kappa shape index (κ3) is 6.65. The number of hydrogen-bond donors (Lipinski definition) is 0. The molecular formula is C6H14O3S2. The standard InChI is InChI=1S/C6H14O3S2/c1-3-5-9-11(7,8)10-6-4-2/h3-6H2,1-2H3. The van der Waals surface area contributed by atoms with E-state index in [0.29, 0.717) is 12.4 Å². The molecule has 0 N–H and O–H groups in total. The Labute approximate surface area is 72.0 Å². The van der Waals surface area contributed by atoms with Crippen LogP contribution >= 0.6 is 10.8 Å². The fourth-order valence-electron chi connectivity index (χ4n) is 0.405. The summed E-state index contributed by atoms with van der Waals surface area (Å²) in [5.41, 5.74) is 0. The molecule has 68 valence electrons. The molecule has 0 unspecified atom stereocenters. The highest BCUT2D eigenvalue weighted by atomic mass is 33.1. The molecule has 0 rings (SSSR count). The van der Waals surface area contributed by atoms with Gasteiger partial charge in [0, 0.05) is 5.75 Å². The molecule has 5 heteroatoms. The van der Waals surface area contributed by atoms with Crippen molar-refractivity contribution >= 4 is 19.9 Å². The highest BCUT2D eigenvalue weighted by Crippen LogP contribution is 2.14. The van der Waals surface area contributed by atoms with Crippen LogP contribution in [-0.2, 0) is 13.3 Å². The Balaban J connectivity index is 3.63. The predicted octanol–water partition coefficient (Wildman–Crippen LogP) is 1.80. The summed E-state index contributed by atoms with van der Waals surface area (Å²) >= 11 is 0. The monoisotopic (exact) mass is 198 g/mol. The van der Waals surface area contributed by atoms with Crippen LogP contribution in [0.3, 0.4) is 0 Å². The molecule has 0 aliphatic carbocycles. The maximum Gasteiger partial charge on any atom is 0.322 e. The molecule has 0 saturated heterocycles. The largest absolute Gasteiger partial charge is 0.322 e. The van der Waals surface area contributed by atoms with Crippen molar-refractivity contribution < 1.29 is 12.6 Å². The fraction of sp³-hybridized carbons (Fsp3) is 1.00. The van der Waals surface area contributed by atoms with Crippen molar-refractivity contribution in [3.8, 4) is 0 Å². The van der Waals surface area contributed by atoms with Gasteiger partial charge in [0.25, 0.3) is 0 Å². The zero-order valence-electron chi connectivity index (χ0n) is 6.87. The summed E-state index contributed by atoms with van der Waals surface area (Å²) in [6.07, 6.45) is 1.57. The average Bonchev–Trinajstić information content (AvgIpc) is 1.97. The summed E-state index contributed by atoms with van der Waals surface area (Å²) in [7, 11) is -2.42. The third-order valence-electron chi connectivity index (χ3n) is 0.864. The SMILES string of the molecule is CCCOS(=O)(=O)SCCC. The Hall–Kier alpha value is 0.260. The molecule has 0 aliphatic heterocycles. The van der Waals surface area contributed by atoms with Crippen molar-refractivity contribution in [3.05, 3.63) is 0 Å². The zero-order chi connectivity index (χ0) is 8.74. The Kier molecular flexibility index (Phi) is 5.99. The van der Waals surface area contributed by atoms with Gasteiger partial charge < -0.3 is 0 Å². The molecule has 0 heterocycles. The van der Waals surface area contributed by atoms with E-state index < -0.39 is 9.15 Å². The van der Waals surface area contributed by atoms with Crippen molar-refractivity contribution in [2.75, 3.05) is 12.4 Å². The predicted molar refractivity (Wildman–Crippen MR) is 47.9 cm³/mol. The second kappa shape index (κ2) is 5.85.